The number of aromatic nitrogens is 2. The Morgan fingerprint density at radius 2 is 2.07 bits per heavy atom. The van der Waals surface area contributed by atoms with Gasteiger partial charge in [0.15, 0.2) is 16.8 Å². The number of amides is 1. The number of aryl methyl sites for hydroxylation is 1. The van der Waals surface area contributed by atoms with Gasteiger partial charge in [-0.25, -0.2) is 13.8 Å². The Hall–Kier alpha value is -3.38. The van der Waals surface area contributed by atoms with Crippen LogP contribution in [0.1, 0.15) is 28.8 Å². The van der Waals surface area contributed by atoms with E-state index in [0.29, 0.717) is 34.1 Å². The first kappa shape index (κ1) is 20.4. The van der Waals surface area contributed by atoms with Crippen LogP contribution in [0.3, 0.4) is 0 Å². The summed E-state index contributed by atoms with van der Waals surface area (Å²) in [6.07, 6.45) is 0.467. The van der Waals surface area contributed by atoms with Gasteiger partial charge in [0, 0.05) is 23.1 Å². The van der Waals surface area contributed by atoms with Crippen LogP contribution in [0.25, 0.3) is 11.3 Å². The molecule has 0 radical (unpaired) electrons. The van der Waals surface area contributed by atoms with E-state index in [4.69, 9.17) is 5.26 Å². The maximum Gasteiger partial charge on any atom is 0.266 e. The summed E-state index contributed by atoms with van der Waals surface area (Å²) in [5.41, 5.74) is 2.37. The van der Waals surface area contributed by atoms with Crippen molar-refractivity contribution in [3.63, 3.8) is 0 Å². The third-order valence-corrected chi connectivity index (χ3v) is 5.25. The minimum atomic E-state index is -0.968. The smallest absolute Gasteiger partial charge is 0.266 e. The summed E-state index contributed by atoms with van der Waals surface area (Å²) < 4.78 is 26.4. The number of rotatable bonds is 5. The molecule has 0 aliphatic carbocycles. The van der Waals surface area contributed by atoms with Crippen molar-refractivity contribution in [2.75, 3.05) is 5.32 Å². The lowest BCUT2D eigenvalue weighted by atomic mass is 9.99. The van der Waals surface area contributed by atoms with Gasteiger partial charge in [-0.05, 0) is 49.6 Å². The van der Waals surface area contributed by atoms with Gasteiger partial charge in [-0.3, -0.25) is 9.59 Å². The van der Waals surface area contributed by atoms with Crippen molar-refractivity contribution in [2.24, 2.45) is 0 Å². The number of benzene rings is 1. The molecule has 0 fully saturated rings. The molecule has 6 nitrogen and oxygen atoms in total. The molecule has 0 bridgehead atoms. The lowest BCUT2D eigenvalue weighted by molar-refractivity contribution is -0.116. The van der Waals surface area contributed by atoms with E-state index in [0.717, 1.165) is 17.7 Å². The highest BCUT2D eigenvalue weighted by molar-refractivity contribution is 7.14. The van der Waals surface area contributed by atoms with Crippen LogP contribution < -0.4 is 10.9 Å². The minimum Gasteiger partial charge on any atom is -0.325 e. The summed E-state index contributed by atoms with van der Waals surface area (Å²) in [6, 6.07) is 5.36. The van der Waals surface area contributed by atoms with Gasteiger partial charge in [-0.1, -0.05) is 0 Å². The van der Waals surface area contributed by atoms with Crippen molar-refractivity contribution in [3.8, 4) is 17.3 Å². The third-order valence-electron chi connectivity index (χ3n) is 4.49. The quantitative estimate of drug-likeness (QED) is 0.663. The first-order chi connectivity index (χ1) is 13.8. The molecule has 0 spiro atoms. The number of aromatic amines is 1. The monoisotopic (exact) mass is 414 g/mol. The summed E-state index contributed by atoms with van der Waals surface area (Å²) in [4.78, 5) is 30.9. The Morgan fingerprint density at radius 1 is 1.31 bits per heavy atom. The predicted octanol–water partition coefficient (Wildman–Crippen LogP) is 3.84. The Bertz CT molecular complexity index is 1190. The third kappa shape index (κ3) is 4.38. The molecule has 0 saturated heterocycles. The highest BCUT2D eigenvalue weighted by Gasteiger charge is 2.14. The summed E-state index contributed by atoms with van der Waals surface area (Å²) in [5.74, 6) is -2.20. The number of carbonyl (C=O) groups excluding carboxylic acids is 1. The minimum absolute atomic E-state index is 0.0436. The van der Waals surface area contributed by atoms with Gasteiger partial charge in [0.25, 0.3) is 5.56 Å². The number of nitrogens with zero attached hydrogens (tertiary/aromatic N) is 2. The lowest BCUT2D eigenvalue weighted by Crippen LogP contribution is -2.18. The summed E-state index contributed by atoms with van der Waals surface area (Å²) in [5, 5.41) is 13.8. The molecule has 0 atom stereocenters. The molecule has 0 unspecified atom stereocenters. The fourth-order valence-corrected chi connectivity index (χ4v) is 3.70. The van der Waals surface area contributed by atoms with E-state index in [9.17, 15) is 18.4 Å². The van der Waals surface area contributed by atoms with E-state index < -0.39 is 17.2 Å². The van der Waals surface area contributed by atoms with Crippen LogP contribution in [0, 0.1) is 36.8 Å². The Kier molecular flexibility index (Phi) is 5.84. The highest BCUT2D eigenvalue weighted by atomic mass is 32.1. The van der Waals surface area contributed by atoms with Crippen LogP contribution in [0.5, 0.6) is 0 Å². The molecule has 0 aliphatic heterocycles. The molecule has 3 rings (SSSR count). The number of carbonyl (C=O) groups is 1. The highest BCUT2D eigenvalue weighted by Crippen LogP contribution is 2.26. The van der Waals surface area contributed by atoms with Crippen LogP contribution in [-0.2, 0) is 11.2 Å². The molecule has 1 amide bonds. The van der Waals surface area contributed by atoms with E-state index in [2.05, 4.69) is 15.3 Å². The summed E-state index contributed by atoms with van der Waals surface area (Å²) >= 11 is 1.17. The number of thiazole rings is 1. The van der Waals surface area contributed by atoms with Crippen molar-refractivity contribution in [2.45, 2.75) is 26.7 Å². The van der Waals surface area contributed by atoms with Gasteiger partial charge in [-0.15, -0.1) is 11.3 Å². The van der Waals surface area contributed by atoms with E-state index in [1.807, 2.05) is 6.07 Å². The SMILES string of the molecule is Cc1[nH]c(=O)c(C#N)c(C)c1CCC(=O)Nc1nc(-c2ccc(F)c(F)c2)cs1. The Morgan fingerprint density at radius 3 is 2.76 bits per heavy atom. The van der Waals surface area contributed by atoms with Crippen molar-refractivity contribution < 1.29 is 13.6 Å². The molecule has 2 N–H and O–H groups in total. The topological polar surface area (TPSA) is 98.6 Å². The molecule has 3 aromatic rings. The Balaban J connectivity index is 1.68. The van der Waals surface area contributed by atoms with E-state index in [1.165, 1.54) is 17.4 Å². The second kappa shape index (κ2) is 8.32. The number of nitriles is 1. The molecule has 9 heteroatoms. The standard InChI is InChI=1S/C20H16F2N4O2S/c1-10-13(11(2)24-19(28)14(10)8-23)4-6-18(27)26-20-25-17(9-29-20)12-3-5-15(21)16(22)7-12/h3,5,7,9H,4,6H2,1-2H3,(H,24,28)(H,25,26,27). The fourth-order valence-electron chi connectivity index (χ4n) is 2.96. The molecule has 1 aromatic carbocycles. The number of hydrogen-bond acceptors (Lipinski definition) is 5. The van der Waals surface area contributed by atoms with Crippen LogP contribution >= 0.6 is 11.3 Å². The molecule has 2 aromatic heterocycles. The van der Waals surface area contributed by atoms with Gasteiger partial charge in [0.2, 0.25) is 5.91 Å². The number of anilines is 1. The normalized spacial score (nSPS) is 10.6. The molecule has 148 valence electrons. The fraction of sp³-hybridized carbons (Fsp3) is 0.200. The van der Waals surface area contributed by atoms with Crippen LogP contribution in [0.4, 0.5) is 13.9 Å². The molecule has 0 aliphatic rings. The molecular weight excluding hydrogens is 398 g/mol. The first-order valence-corrected chi connectivity index (χ1v) is 9.51. The lowest BCUT2D eigenvalue weighted by Gasteiger charge is -2.10. The maximum absolute atomic E-state index is 13.4. The zero-order chi connectivity index (χ0) is 21.1. The summed E-state index contributed by atoms with van der Waals surface area (Å²) in [6.45, 7) is 3.40. The van der Waals surface area contributed by atoms with Gasteiger partial charge in [-0.2, -0.15) is 5.26 Å². The molecule has 29 heavy (non-hydrogen) atoms. The maximum atomic E-state index is 13.4. The number of halogens is 2. The largest absolute Gasteiger partial charge is 0.325 e. The first-order valence-electron chi connectivity index (χ1n) is 8.63. The van der Waals surface area contributed by atoms with Crippen LogP contribution in [0.15, 0.2) is 28.4 Å². The van der Waals surface area contributed by atoms with Crippen molar-refractivity contribution >= 4 is 22.4 Å². The number of hydrogen-bond donors (Lipinski definition) is 2. The second-order valence-corrected chi connectivity index (χ2v) is 7.24. The van der Waals surface area contributed by atoms with E-state index in [-0.39, 0.29) is 17.9 Å². The van der Waals surface area contributed by atoms with Crippen molar-refractivity contribution in [1.29, 1.82) is 5.26 Å². The Labute approximate surface area is 168 Å². The number of H-pyrrole nitrogens is 1. The van der Waals surface area contributed by atoms with E-state index in [1.54, 1.807) is 19.2 Å². The van der Waals surface area contributed by atoms with Gasteiger partial charge in [0.05, 0.1) is 5.69 Å². The van der Waals surface area contributed by atoms with Crippen LogP contribution in [0.2, 0.25) is 0 Å². The zero-order valence-corrected chi connectivity index (χ0v) is 16.4. The molecular formula is C20H16F2N4O2S. The van der Waals surface area contributed by atoms with Gasteiger partial charge in [0.1, 0.15) is 11.6 Å². The number of pyridine rings is 1. The number of nitrogens with one attached hydrogen (secondary N) is 2. The molecule has 0 saturated carbocycles. The average Bonchev–Trinajstić information content (AvgIpc) is 3.12. The zero-order valence-electron chi connectivity index (χ0n) is 15.6. The van der Waals surface area contributed by atoms with Crippen molar-refractivity contribution in [3.05, 3.63) is 68.0 Å². The van der Waals surface area contributed by atoms with Gasteiger partial charge < -0.3 is 10.3 Å². The van der Waals surface area contributed by atoms with Gasteiger partial charge >= 0.3 is 0 Å². The molecule has 2 heterocycles. The predicted molar refractivity (Wildman–Crippen MR) is 106 cm³/mol. The average molecular weight is 414 g/mol. The summed E-state index contributed by atoms with van der Waals surface area (Å²) in [7, 11) is 0. The van der Waals surface area contributed by atoms with Crippen LogP contribution in [-0.4, -0.2) is 15.9 Å². The second-order valence-electron chi connectivity index (χ2n) is 6.38. The van der Waals surface area contributed by atoms with E-state index >= 15 is 0 Å². The van der Waals surface area contributed by atoms with Crippen molar-refractivity contribution in [1.82, 2.24) is 9.97 Å².